The van der Waals surface area contributed by atoms with Crippen molar-refractivity contribution in [3.8, 4) is 0 Å². The molecule has 1 N–H and O–H groups in total. The number of aliphatic hydroxyl groups excluding tert-OH is 1. The number of aliphatic hydroxyl groups is 1. The number of rotatable bonds is 11. The minimum absolute atomic E-state index is 0.129. The zero-order valence-electron chi connectivity index (χ0n) is 13.7. The zero-order valence-corrected chi connectivity index (χ0v) is 14.7. The zero-order chi connectivity index (χ0) is 15.4. The standard InChI is InChI=1S/C16H32O3Si/c1-5-19-16(18)15(14-20(2,3)4)12-10-8-6-7-9-11-13-17/h12,17H,5-11,13-14H2,1-4H3/b15-12+. The Balaban J connectivity index is 4.18. The van der Waals surface area contributed by atoms with Crippen LogP contribution in [-0.2, 0) is 9.53 Å². The van der Waals surface area contributed by atoms with Gasteiger partial charge in [0, 0.05) is 20.3 Å². The number of carbonyl (C=O) groups excluding carboxylic acids is 1. The molecule has 0 radical (unpaired) electrons. The van der Waals surface area contributed by atoms with E-state index in [4.69, 9.17) is 9.84 Å². The van der Waals surface area contributed by atoms with Crippen molar-refractivity contribution in [1.82, 2.24) is 0 Å². The van der Waals surface area contributed by atoms with Gasteiger partial charge < -0.3 is 9.84 Å². The highest BCUT2D eigenvalue weighted by Crippen LogP contribution is 2.19. The molecule has 0 aromatic heterocycles. The normalized spacial score (nSPS) is 12.6. The van der Waals surface area contributed by atoms with Gasteiger partial charge in [-0.2, -0.15) is 0 Å². The van der Waals surface area contributed by atoms with Crippen LogP contribution in [0.15, 0.2) is 11.6 Å². The first-order chi connectivity index (χ1) is 9.40. The number of allylic oxidation sites excluding steroid dienone is 1. The SMILES string of the molecule is CCOC(=O)/C(=C/CCCCCCCO)C[Si](C)(C)C. The van der Waals surface area contributed by atoms with Crippen LogP contribution in [0.25, 0.3) is 0 Å². The molecule has 0 aliphatic rings. The molecule has 3 nitrogen and oxygen atoms in total. The predicted molar refractivity (Wildman–Crippen MR) is 87.7 cm³/mol. The van der Waals surface area contributed by atoms with Crippen molar-refractivity contribution in [1.29, 1.82) is 0 Å². The van der Waals surface area contributed by atoms with Crippen molar-refractivity contribution < 1.29 is 14.6 Å². The number of hydrogen-bond acceptors (Lipinski definition) is 3. The fourth-order valence-electron chi connectivity index (χ4n) is 2.09. The largest absolute Gasteiger partial charge is 0.463 e. The molecular formula is C16H32O3Si. The maximum absolute atomic E-state index is 11.9. The maximum atomic E-state index is 11.9. The second-order valence-electron chi connectivity index (χ2n) is 6.47. The summed E-state index contributed by atoms with van der Waals surface area (Å²) in [4.78, 5) is 11.9. The highest BCUT2D eigenvalue weighted by Gasteiger charge is 2.20. The summed E-state index contributed by atoms with van der Waals surface area (Å²) in [7, 11) is -1.30. The highest BCUT2D eigenvalue weighted by atomic mass is 28.3. The van der Waals surface area contributed by atoms with E-state index >= 15 is 0 Å². The van der Waals surface area contributed by atoms with Crippen LogP contribution >= 0.6 is 0 Å². The van der Waals surface area contributed by atoms with Crippen LogP contribution in [-0.4, -0.2) is 32.4 Å². The first kappa shape index (κ1) is 19.4. The van der Waals surface area contributed by atoms with Gasteiger partial charge in [0.15, 0.2) is 0 Å². The van der Waals surface area contributed by atoms with E-state index in [0.717, 1.165) is 43.7 Å². The van der Waals surface area contributed by atoms with E-state index in [9.17, 15) is 4.79 Å². The third kappa shape index (κ3) is 11.2. The molecule has 0 aliphatic carbocycles. The molecule has 0 atom stereocenters. The van der Waals surface area contributed by atoms with Crippen LogP contribution in [0.4, 0.5) is 0 Å². The van der Waals surface area contributed by atoms with Gasteiger partial charge in [0.05, 0.1) is 6.61 Å². The lowest BCUT2D eigenvalue weighted by Crippen LogP contribution is -2.23. The Kier molecular flexibility index (Phi) is 10.8. The van der Waals surface area contributed by atoms with Gasteiger partial charge in [-0.05, 0) is 32.2 Å². The van der Waals surface area contributed by atoms with Gasteiger partial charge in [-0.1, -0.05) is 45.0 Å². The molecule has 0 aliphatic heterocycles. The highest BCUT2D eigenvalue weighted by molar-refractivity contribution is 6.77. The van der Waals surface area contributed by atoms with Crippen molar-refractivity contribution in [2.45, 2.75) is 71.1 Å². The lowest BCUT2D eigenvalue weighted by Gasteiger charge is -2.17. The first-order valence-electron chi connectivity index (χ1n) is 7.87. The van der Waals surface area contributed by atoms with E-state index in [2.05, 4.69) is 25.7 Å². The molecule has 0 bridgehead atoms. The second-order valence-corrected chi connectivity index (χ2v) is 11.9. The van der Waals surface area contributed by atoms with Crippen molar-refractivity contribution in [3.63, 3.8) is 0 Å². The fourth-order valence-corrected chi connectivity index (χ4v) is 3.52. The lowest BCUT2D eigenvalue weighted by molar-refractivity contribution is -0.138. The third-order valence-corrected chi connectivity index (χ3v) is 4.45. The average molecular weight is 301 g/mol. The average Bonchev–Trinajstić information content (AvgIpc) is 2.35. The molecular weight excluding hydrogens is 268 g/mol. The number of hydrogen-bond donors (Lipinski definition) is 1. The van der Waals surface area contributed by atoms with Crippen LogP contribution in [0.1, 0.15) is 45.4 Å². The smallest absolute Gasteiger partial charge is 0.333 e. The van der Waals surface area contributed by atoms with Crippen LogP contribution < -0.4 is 0 Å². The minimum atomic E-state index is -1.30. The Morgan fingerprint density at radius 1 is 1.10 bits per heavy atom. The number of esters is 1. The van der Waals surface area contributed by atoms with E-state index < -0.39 is 8.07 Å². The Hall–Kier alpha value is -0.613. The topological polar surface area (TPSA) is 46.5 Å². The molecule has 118 valence electrons. The van der Waals surface area contributed by atoms with Crippen molar-refractivity contribution in [2.24, 2.45) is 0 Å². The van der Waals surface area contributed by atoms with E-state index in [0.29, 0.717) is 13.2 Å². The van der Waals surface area contributed by atoms with Crippen molar-refractivity contribution in [3.05, 3.63) is 11.6 Å². The Labute approximate surface area is 125 Å². The molecule has 4 heteroatoms. The summed E-state index contributed by atoms with van der Waals surface area (Å²) in [5, 5.41) is 8.70. The van der Waals surface area contributed by atoms with Gasteiger partial charge >= 0.3 is 5.97 Å². The molecule has 0 saturated heterocycles. The summed E-state index contributed by atoms with van der Waals surface area (Å²) in [6.07, 6.45) is 8.48. The first-order valence-corrected chi connectivity index (χ1v) is 11.6. The molecule has 0 heterocycles. The number of ether oxygens (including phenoxy) is 1. The van der Waals surface area contributed by atoms with Crippen LogP contribution in [0.3, 0.4) is 0 Å². The van der Waals surface area contributed by atoms with Crippen LogP contribution in [0.5, 0.6) is 0 Å². The molecule has 0 amide bonds. The lowest BCUT2D eigenvalue weighted by atomic mass is 10.1. The molecule has 0 saturated carbocycles. The van der Waals surface area contributed by atoms with Crippen molar-refractivity contribution >= 4 is 14.0 Å². The van der Waals surface area contributed by atoms with Crippen molar-refractivity contribution in [2.75, 3.05) is 13.2 Å². The number of unbranched alkanes of at least 4 members (excludes halogenated alkanes) is 5. The van der Waals surface area contributed by atoms with E-state index in [1.165, 1.54) is 6.42 Å². The van der Waals surface area contributed by atoms with Gasteiger partial charge in [-0.25, -0.2) is 4.79 Å². The second kappa shape index (κ2) is 11.1. The fraction of sp³-hybridized carbons (Fsp3) is 0.812. The molecule has 0 aromatic carbocycles. The van der Waals surface area contributed by atoms with Gasteiger partial charge in [0.2, 0.25) is 0 Å². The minimum Gasteiger partial charge on any atom is -0.463 e. The van der Waals surface area contributed by atoms with Crippen LogP contribution in [0, 0.1) is 0 Å². The maximum Gasteiger partial charge on any atom is 0.333 e. The molecule has 0 spiro atoms. The monoisotopic (exact) mass is 300 g/mol. The predicted octanol–water partition coefficient (Wildman–Crippen LogP) is 4.15. The molecule has 20 heavy (non-hydrogen) atoms. The Morgan fingerprint density at radius 2 is 1.70 bits per heavy atom. The molecule has 0 aromatic rings. The summed E-state index contributed by atoms with van der Waals surface area (Å²) >= 11 is 0. The third-order valence-electron chi connectivity index (χ3n) is 3.01. The van der Waals surface area contributed by atoms with Gasteiger partial charge in [-0.15, -0.1) is 0 Å². The van der Waals surface area contributed by atoms with Crippen LogP contribution in [0.2, 0.25) is 25.7 Å². The molecule has 0 fully saturated rings. The summed E-state index contributed by atoms with van der Waals surface area (Å²) in [6.45, 7) is 9.41. The molecule has 0 rings (SSSR count). The van der Waals surface area contributed by atoms with E-state index in [-0.39, 0.29) is 5.97 Å². The summed E-state index contributed by atoms with van der Waals surface area (Å²) in [5.41, 5.74) is 0.876. The van der Waals surface area contributed by atoms with Gasteiger partial charge in [0.1, 0.15) is 0 Å². The number of carbonyl (C=O) groups is 1. The Bertz CT molecular complexity index is 293. The summed E-state index contributed by atoms with van der Waals surface area (Å²) < 4.78 is 5.15. The quantitative estimate of drug-likeness (QED) is 0.270. The van der Waals surface area contributed by atoms with E-state index in [1.807, 2.05) is 6.92 Å². The van der Waals surface area contributed by atoms with Gasteiger partial charge in [-0.3, -0.25) is 0 Å². The summed E-state index contributed by atoms with van der Waals surface area (Å²) in [6, 6.07) is 0.899. The van der Waals surface area contributed by atoms with Gasteiger partial charge in [0.25, 0.3) is 0 Å². The van der Waals surface area contributed by atoms with E-state index in [1.54, 1.807) is 0 Å². The Morgan fingerprint density at radius 3 is 2.25 bits per heavy atom. The summed E-state index contributed by atoms with van der Waals surface area (Å²) in [5.74, 6) is -0.129. The molecule has 0 unspecified atom stereocenters.